The number of benzene rings is 1. The van der Waals surface area contributed by atoms with Crippen LogP contribution >= 0.6 is 0 Å². The van der Waals surface area contributed by atoms with Gasteiger partial charge in [0.25, 0.3) is 0 Å². The molecule has 0 fully saturated rings. The highest BCUT2D eigenvalue weighted by Gasteiger charge is 2.04. The van der Waals surface area contributed by atoms with E-state index in [0.29, 0.717) is 18.8 Å². The maximum atomic E-state index is 13.4. The highest BCUT2D eigenvalue weighted by molar-refractivity contribution is 5.38. The largest absolute Gasteiger partial charge is 0.382 e. The van der Waals surface area contributed by atoms with Crippen molar-refractivity contribution >= 4 is 0 Å². The van der Waals surface area contributed by atoms with E-state index in [1.807, 2.05) is 6.92 Å². The normalized spacial score (nSPS) is 11.8. The van der Waals surface area contributed by atoms with Crippen molar-refractivity contribution in [2.45, 2.75) is 19.6 Å². The number of nitrogens with two attached hydrogens (primary N) is 1. The molecule has 0 saturated heterocycles. The molecule has 0 amide bonds. The van der Waals surface area contributed by atoms with E-state index in [0.717, 1.165) is 5.56 Å². The number of hydrogen-bond donors (Lipinski definition) is 1. The zero-order chi connectivity index (χ0) is 13.4. The standard InChI is InChI=1S/C14H18FNO2/c1-11(9-17-2)18-10-12-5-6-14(15)13(8-12)4-3-7-16/h5-6,8,11H,7,9-10,16H2,1-2H3. The van der Waals surface area contributed by atoms with Crippen molar-refractivity contribution in [1.29, 1.82) is 0 Å². The summed E-state index contributed by atoms with van der Waals surface area (Å²) in [4.78, 5) is 0. The van der Waals surface area contributed by atoms with Gasteiger partial charge in [-0.3, -0.25) is 0 Å². The summed E-state index contributed by atoms with van der Waals surface area (Å²) in [5, 5.41) is 0. The fourth-order valence-electron chi connectivity index (χ4n) is 1.43. The molecule has 1 atom stereocenters. The van der Waals surface area contributed by atoms with Crippen molar-refractivity contribution in [2.24, 2.45) is 5.73 Å². The third-order valence-corrected chi connectivity index (χ3v) is 2.29. The molecule has 0 aromatic heterocycles. The Kier molecular flexibility index (Phi) is 6.37. The lowest BCUT2D eigenvalue weighted by Gasteiger charge is -2.12. The highest BCUT2D eigenvalue weighted by Crippen LogP contribution is 2.11. The van der Waals surface area contributed by atoms with Crippen LogP contribution in [-0.2, 0) is 16.1 Å². The Morgan fingerprint density at radius 2 is 2.22 bits per heavy atom. The average molecular weight is 251 g/mol. The molecule has 0 aliphatic heterocycles. The van der Waals surface area contributed by atoms with Crippen molar-refractivity contribution in [3.05, 3.63) is 35.1 Å². The summed E-state index contributed by atoms with van der Waals surface area (Å²) in [5.41, 5.74) is 6.49. The Balaban J connectivity index is 2.67. The number of rotatable bonds is 5. The molecule has 0 radical (unpaired) electrons. The minimum absolute atomic E-state index is 0.00127. The first kappa shape index (κ1) is 14.7. The molecule has 0 spiro atoms. The van der Waals surface area contributed by atoms with Crippen molar-refractivity contribution in [2.75, 3.05) is 20.3 Å². The van der Waals surface area contributed by atoms with E-state index in [9.17, 15) is 4.39 Å². The first-order valence-corrected chi connectivity index (χ1v) is 5.75. The lowest BCUT2D eigenvalue weighted by Crippen LogP contribution is -2.14. The summed E-state index contributed by atoms with van der Waals surface area (Å²) in [6, 6.07) is 4.75. The molecular formula is C14H18FNO2. The van der Waals surface area contributed by atoms with Crippen LogP contribution in [0, 0.1) is 17.7 Å². The molecule has 2 N–H and O–H groups in total. The van der Waals surface area contributed by atoms with Gasteiger partial charge in [0.05, 0.1) is 31.4 Å². The summed E-state index contributed by atoms with van der Waals surface area (Å²) in [6.45, 7) is 3.07. The van der Waals surface area contributed by atoms with Crippen LogP contribution in [0.2, 0.25) is 0 Å². The second-order valence-corrected chi connectivity index (χ2v) is 3.90. The molecule has 1 rings (SSSR count). The zero-order valence-corrected chi connectivity index (χ0v) is 10.7. The van der Waals surface area contributed by atoms with Gasteiger partial charge in [0.1, 0.15) is 5.82 Å². The topological polar surface area (TPSA) is 44.5 Å². The quantitative estimate of drug-likeness (QED) is 0.810. The second kappa shape index (κ2) is 7.83. The molecule has 0 aliphatic carbocycles. The number of methoxy groups -OCH3 is 1. The second-order valence-electron chi connectivity index (χ2n) is 3.90. The minimum Gasteiger partial charge on any atom is -0.382 e. The summed E-state index contributed by atoms with van der Waals surface area (Å²) >= 11 is 0. The lowest BCUT2D eigenvalue weighted by atomic mass is 10.1. The van der Waals surface area contributed by atoms with Crippen LogP contribution in [0.5, 0.6) is 0 Å². The fourth-order valence-corrected chi connectivity index (χ4v) is 1.43. The number of hydrogen-bond acceptors (Lipinski definition) is 3. The Morgan fingerprint density at radius 1 is 1.44 bits per heavy atom. The van der Waals surface area contributed by atoms with Gasteiger partial charge in [-0.15, -0.1) is 0 Å². The molecule has 0 saturated carbocycles. The predicted molar refractivity (Wildman–Crippen MR) is 68.5 cm³/mol. The van der Waals surface area contributed by atoms with Gasteiger partial charge in [-0.05, 0) is 24.6 Å². The van der Waals surface area contributed by atoms with E-state index in [2.05, 4.69) is 11.8 Å². The Morgan fingerprint density at radius 3 is 2.89 bits per heavy atom. The third kappa shape index (κ3) is 4.84. The molecule has 0 heterocycles. The first-order valence-electron chi connectivity index (χ1n) is 5.75. The smallest absolute Gasteiger partial charge is 0.138 e. The van der Waals surface area contributed by atoms with Crippen LogP contribution in [0.4, 0.5) is 4.39 Å². The molecule has 1 unspecified atom stereocenters. The summed E-state index contributed by atoms with van der Waals surface area (Å²) in [7, 11) is 1.62. The maximum absolute atomic E-state index is 13.4. The fraction of sp³-hybridized carbons (Fsp3) is 0.429. The van der Waals surface area contributed by atoms with Crippen LogP contribution in [0.15, 0.2) is 18.2 Å². The van der Waals surface area contributed by atoms with Crippen LogP contribution in [0.25, 0.3) is 0 Å². The Hall–Kier alpha value is -1.41. The van der Waals surface area contributed by atoms with E-state index in [1.54, 1.807) is 19.2 Å². The van der Waals surface area contributed by atoms with E-state index in [-0.39, 0.29) is 18.5 Å². The van der Waals surface area contributed by atoms with Crippen molar-refractivity contribution < 1.29 is 13.9 Å². The minimum atomic E-state index is -0.343. The van der Waals surface area contributed by atoms with Crippen molar-refractivity contribution in [1.82, 2.24) is 0 Å². The van der Waals surface area contributed by atoms with Gasteiger partial charge >= 0.3 is 0 Å². The zero-order valence-electron chi connectivity index (χ0n) is 10.7. The summed E-state index contributed by atoms with van der Waals surface area (Å²) < 4.78 is 23.9. The van der Waals surface area contributed by atoms with Gasteiger partial charge in [0.15, 0.2) is 0 Å². The van der Waals surface area contributed by atoms with Crippen molar-refractivity contribution in [3.63, 3.8) is 0 Å². The predicted octanol–water partition coefficient (Wildman–Crippen LogP) is 1.69. The molecule has 3 nitrogen and oxygen atoms in total. The van der Waals surface area contributed by atoms with E-state index < -0.39 is 0 Å². The van der Waals surface area contributed by atoms with E-state index in [1.165, 1.54) is 6.07 Å². The number of halogens is 1. The maximum Gasteiger partial charge on any atom is 0.138 e. The van der Waals surface area contributed by atoms with Gasteiger partial charge in [-0.1, -0.05) is 17.9 Å². The Labute approximate surface area is 107 Å². The van der Waals surface area contributed by atoms with Crippen LogP contribution in [0.1, 0.15) is 18.1 Å². The van der Waals surface area contributed by atoms with Crippen molar-refractivity contribution in [3.8, 4) is 11.8 Å². The van der Waals surface area contributed by atoms with Crippen LogP contribution in [0.3, 0.4) is 0 Å². The van der Waals surface area contributed by atoms with Gasteiger partial charge in [0, 0.05) is 7.11 Å². The van der Waals surface area contributed by atoms with Crippen LogP contribution < -0.4 is 5.73 Å². The van der Waals surface area contributed by atoms with E-state index >= 15 is 0 Å². The summed E-state index contributed by atoms with van der Waals surface area (Å²) in [5.74, 6) is 4.99. The van der Waals surface area contributed by atoms with E-state index in [4.69, 9.17) is 15.2 Å². The van der Waals surface area contributed by atoms with Gasteiger partial charge < -0.3 is 15.2 Å². The number of ether oxygens (including phenoxy) is 2. The highest BCUT2D eigenvalue weighted by atomic mass is 19.1. The van der Waals surface area contributed by atoms with Gasteiger partial charge in [-0.2, -0.15) is 0 Å². The molecule has 1 aromatic carbocycles. The molecular weight excluding hydrogens is 233 g/mol. The molecule has 98 valence electrons. The van der Waals surface area contributed by atoms with Gasteiger partial charge in [-0.25, -0.2) is 4.39 Å². The molecule has 0 aliphatic rings. The van der Waals surface area contributed by atoms with Crippen LogP contribution in [-0.4, -0.2) is 26.4 Å². The Bertz CT molecular complexity index is 437. The third-order valence-electron chi connectivity index (χ3n) is 2.29. The lowest BCUT2D eigenvalue weighted by molar-refractivity contribution is -0.000147. The molecule has 18 heavy (non-hydrogen) atoms. The molecule has 0 bridgehead atoms. The van der Waals surface area contributed by atoms with Gasteiger partial charge in [0.2, 0.25) is 0 Å². The average Bonchev–Trinajstić information content (AvgIpc) is 2.36. The molecule has 4 heteroatoms. The molecule has 1 aromatic rings. The SMILES string of the molecule is COCC(C)OCc1ccc(F)c(C#CCN)c1. The first-order chi connectivity index (χ1) is 8.67. The summed E-state index contributed by atoms with van der Waals surface area (Å²) in [6.07, 6.45) is -0.00127. The monoisotopic (exact) mass is 251 g/mol.